The van der Waals surface area contributed by atoms with Crippen LogP contribution in [0.2, 0.25) is 0 Å². The van der Waals surface area contributed by atoms with Crippen molar-refractivity contribution >= 4 is 5.91 Å². The van der Waals surface area contributed by atoms with Gasteiger partial charge in [-0.15, -0.1) is 5.10 Å². The molecule has 21 heavy (non-hydrogen) atoms. The van der Waals surface area contributed by atoms with Gasteiger partial charge in [0.15, 0.2) is 5.69 Å². The Kier molecular flexibility index (Phi) is 4.70. The Hall–Kier alpha value is -2.21. The molecule has 112 valence electrons. The molecule has 0 fully saturated rings. The monoisotopic (exact) mass is 287 g/mol. The van der Waals surface area contributed by atoms with Crippen molar-refractivity contribution in [3.8, 4) is 0 Å². The first-order chi connectivity index (χ1) is 10.0. The molecule has 1 atom stereocenters. The second kappa shape index (κ2) is 6.49. The highest BCUT2D eigenvalue weighted by Gasteiger charge is 2.15. The minimum Gasteiger partial charge on any atom is -0.344 e. The van der Waals surface area contributed by atoms with Crippen LogP contribution in [0.25, 0.3) is 0 Å². The predicted molar refractivity (Wildman–Crippen MR) is 80.9 cm³/mol. The third-order valence-electron chi connectivity index (χ3n) is 3.37. The Bertz CT molecular complexity index is 635. The van der Waals surface area contributed by atoms with Crippen LogP contribution in [0, 0.1) is 13.8 Å². The van der Waals surface area contributed by atoms with E-state index in [1.54, 1.807) is 10.9 Å². The van der Waals surface area contributed by atoms with E-state index < -0.39 is 0 Å². The number of aromatic nitrogens is 3. The minimum absolute atomic E-state index is 0.0854. The van der Waals surface area contributed by atoms with Crippen LogP contribution in [0.3, 0.4) is 0 Å². The summed E-state index contributed by atoms with van der Waals surface area (Å²) in [6, 6.07) is 6.11. The molecule has 0 saturated heterocycles. The molecule has 6 heteroatoms. The molecule has 0 aliphatic heterocycles. The molecular weight excluding hydrogens is 266 g/mol. The molecule has 0 saturated carbocycles. The SMILES string of the molecule is Cc1ccc(C(C)NC(=O)c2cn(CCN)nn2)c(C)c1. The van der Waals surface area contributed by atoms with Crippen molar-refractivity contribution in [2.75, 3.05) is 6.54 Å². The van der Waals surface area contributed by atoms with E-state index in [-0.39, 0.29) is 11.9 Å². The van der Waals surface area contributed by atoms with Crippen LogP contribution >= 0.6 is 0 Å². The van der Waals surface area contributed by atoms with Crippen molar-refractivity contribution in [2.45, 2.75) is 33.4 Å². The van der Waals surface area contributed by atoms with Gasteiger partial charge in [-0.25, -0.2) is 0 Å². The molecule has 1 aromatic heterocycles. The smallest absolute Gasteiger partial charge is 0.273 e. The highest BCUT2D eigenvalue weighted by Crippen LogP contribution is 2.18. The van der Waals surface area contributed by atoms with Gasteiger partial charge in [-0.1, -0.05) is 29.0 Å². The standard InChI is InChI=1S/C15H21N5O/c1-10-4-5-13(11(2)8-10)12(3)17-15(21)14-9-20(7-6-16)19-18-14/h4-5,8-9,12H,6-7,16H2,1-3H3,(H,17,21). The number of hydrogen-bond donors (Lipinski definition) is 2. The van der Waals surface area contributed by atoms with Crippen LogP contribution in [0.4, 0.5) is 0 Å². The number of carbonyl (C=O) groups excluding carboxylic acids is 1. The number of nitrogens with one attached hydrogen (secondary N) is 1. The Morgan fingerprint density at radius 3 is 2.86 bits per heavy atom. The van der Waals surface area contributed by atoms with Gasteiger partial charge in [0.1, 0.15) is 0 Å². The number of amides is 1. The average molecular weight is 287 g/mol. The van der Waals surface area contributed by atoms with Crippen LogP contribution in [-0.2, 0) is 6.54 Å². The van der Waals surface area contributed by atoms with E-state index in [0.29, 0.717) is 18.8 Å². The van der Waals surface area contributed by atoms with E-state index >= 15 is 0 Å². The van der Waals surface area contributed by atoms with Crippen molar-refractivity contribution < 1.29 is 4.79 Å². The van der Waals surface area contributed by atoms with E-state index in [1.165, 1.54) is 5.56 Å². The number of benzene rings is 1. The molecule has 0 aliphatic rings. The van der Waals surface area contributed by atoms with Gasteiger partial charge < -0.3 is 11.1 Å². The van der Waals surface area contributed by atoms with E-state index in [0.717, 1.165) is 11.1 Å². The molecule has 1 heterocycles. The first kappa shape index (κ1) is 15.2. The molecule has 0 radical (unpaired) electrons. The van der Waals surface area contributed by atoms with Crippen molar-refractivity contribution in [2.24, 2.45) is 5.73 Å². The number of nitrogens with two attached hydrogens (primary N) is 1. The second-order valence-corrected chi connectivity index (χ2v) is 5.21. The van der Waals surface area contributed by atoms with E-state index in [1.807, 2.05) is 26.0 Å². The molecule has 1 aromatic carbocycles. The minimum atomic E-state index is -0.231. The van der Waals surface area contributed by atoms with Gasteiger partial charge in [-0.3, -0.25) is 9.48 Å². The number of rotatable bonds is 5. The van der Waals surface area contributed by atoms with Crippen molar-refractivity contribution in [3.05, 3.63) is 46.8 Å². The molecule has 0 bridgehead atoms. The summed E-state index contributed by atoms with van der Waals surface area (Å²) < 4.78 is 1.57. The lowest BCUT2D eigenvalue weighted by Crippen LogP contribution is -2.27. The topological polar surface area (TPSA) is 85.8 Å². The highest BCUT2D eigenvalue weighted by atomic mass is 16.2. The van der Waals surface area contributed by atoms with Crippen molar-refractivity contribution in [1.29, 1.82) is 0 Å². The Balaban J connectivity index is 2.07. The Morgan fingerprint density at radius 2 is 2.19 bits per heavy atom. The largest absolute Gasteiger partial charge is 0.344 e. The molecule has 1 unspecified atom stereocenters. The predicted octanol–water partition coefficient (Wildman–Crippen LogP) is 1.34. The Labute approximate surface area is 124 Å². The molecule has 6 nitrogen and oxygen atoms in total. The fraction of sp³-hybridized carbons (Fsp3) is 0.400. The summed E-state index contributed by atoms with van der Waals surface area (Å²) in [5, 5.41) is 10.7. The number of nitrogens with zero attached hydrogens (tertiary/aromatic N) is 3. The van der Waals surface area contributed by atoms with Crippen LogP contribution in [0.1, 0.15) is 40.1 Å². The van der Waals surface area contributed by atoms with Gasteiger partial charge in [0.2, 0.25) is 0 Å². The lowest BCUT2D eigenvalue weighted by atomic mass is 10.0. The van der Waals surface area contributed by atoms with Gasteiger partial charge in [0.25, 0.3) is 5.91 Å². The lowest BCUT2D eigenvalue weighted by molar-refractivity contribution is 0.0934. The Morgan fingerprint density at radius 1 is 1.43 bits per heavy atom. The van der Waals surface area contributed by atoms with E-state index in [2.05, 4.69) is 28.6 Å². The zero-order valence-electron chi connectivity index (χ0n) is 12.6. The van der Waals surface area contributed by atoms with Crippen LogP contribution in [-0.4, -0.2) is 27.4 Å². The van der Waals surface area contributed by atoms with Crippen molar-refractivity contribution in [1.82, 2.24) is 20.3 Å². The van der Waals surface area contributed by atoms with Gasteiger partial charge in [0.05, 0.1) is 18.8 Å². The van der Waals surface area contributed by atoms with Crippen LogP contribution in [0.5, 0.6) is 0 Å². The van der Waals surface area contributed by atoms with E-state index in [4.69, 9.17) is 5.73 Å². The fourth-order valence-electron chi connectivity index (χ4n) is 2.30. The maximum absolute atomic E-state index is 12.2. The normalized spacial score (nSPS) is 12.2. The lowest BCUT2D eigenvalue weighted by Gasteiger charge is -2.16. The van der Waals surface area contributed by atoms with Crippen LogP contribution in [0.15, 0.2) is 24.4 Å². The number of aryl methyl sites for hydroxylation is 2. The van der Waals surface area contributed by atoms with Gasteiger partial charge in [-0.2, -0.15) is 0 Å². The quantitative estimate of drug-likeness (QED) is 0.869. The van der Waals surface area contributed by atoms with Crippen LogP contribution < -0.4 is 11.1 Å². The summed E-state index contributed by atoms with van der Waals surface area (Å²) in [5.74, 6) is -0.231. The molecule has 3 N–H and O–H groups in total. The summed E-state index contributed by atoms with van der Waals surface area (Å²) in [6.45, 7) is 7.06. The molecule has 0 spiro atoms. The first-order valence-electron chi connectivity index (χ1n) is 6.99. The van der Waals surface area contributed by atoms with Crippen molar-refractivity contribution in [3.63, 3.8) is 0 Å². The summed E-state index contributed by atoms with van der Waals surface area (Å²) >= 11 is 0. The zero-order valence-corrected chi connectivity index (χ0v) is 12.6. The summed E-state index contributed by atoms with van der Waals surface area (Å²) in [7, 11) is 0. The molecular formula is C15H21N5O. The van der Waals surface area contributed by atoms with Gasteiger partial charge >= 0.3 is 0 Å². The zero-order chi connectivity index (χ0) is 15.4. The molecule has 1 amide bonds. The average Bonchev–Trinajstić information content (AvgIpc) is 2.87. The third-order valence-corrected chi connectivity index (χ3v) is 3.37. The second-order valence-electron chi connectivity index (χ2n) is 5.21. The first-order valence-corrected chi connectivity index (χ1v) is 6.99. The van der Waals surface area contributed by atoms with Gasteiger partial charge in [0, 0.05) is 6.54 Å². The van der Waals surface area contributed by atoms with E-state index in [9.17, 15) is 4.79 Å². The maximum atomic E-state index is 12.2. The van der Waals surface area contributed by atoms with Gasteiger partial charge in [-0.05, 0) is 31.9 Å². The highest BCUT2D eigenvalue weighted by molar-refractivity contribution is 5.92. The number of hydrogen-bond acceptors (Lipinski definition) is 4. The molecule has 2 rings (SSSR count). The maximum Gasteiger partial charge on any atom is 0.273 e. The summed E-state index contributed by atoms with van der Waals surface area (Å²) in [6.07, 6.45) is 1.61. The third kappa shape index (κ3) is 3.66. The molecule has 2 aromatic rings. The number of carbonyl (C=O) groups is 1. The fourth-order valence-corrected chi connectivity index (χ4v) is 2.30. The molecule has 0 aliphatic carbocycles. The summed E-state index contributed by atoms with van der Waals surface area (Å²) in [5.41, 5.74) is 9.22. The summed E-state index contributed by atoms with van der Waals surface area (Å²) in [4.78, 5) is 12.2.